The van der Waals surface area contributed by atoms with Crippen molar-refractivity contribution < 1.29 is 8.42 Å². The average Bonchev–Trinajstić information content (AvgIpc) is 2.39. The van der Waals surface area contributed by atoms with Crippen LogP contribution >= 0.6 is 11.6 Å². The molecule has 1 aromatic rings. The summed E-state index contributed by atoms with van der Waals surface area (Å²) in [6.07, 6.45) is 1.58. The van der Waals surface area contributed by atoms with Gasteiger partial charge in [-0.05, 0) is 37.2 Å². The van der Waals surface area contributed by atoms with Crippen LogP contribution in [0.5, 0.6) is 0 Å². The van der Waals surface area contributed by atoms with Gasteiger partial charge >= 0.3 is 0 Å². The van der Waals surface area contributed by atoms with Gasteiger partial charge in [-0.1, -0.05) is 24.6 Å². The summed E-state index contributed by atoms with van der Waals surface area (Å²) >= 11 is 6.06. The topological polar surface area (TPSA) is 49.4 Å². The smallest absolute Gasteiger partial charge is 0.243 e. The molecule has 0 saturated carbocycles. The van der Waals surface area contributed by atoms with E-state index in [1.165, 1.54) is 10.4 Å². The second-order valence-electron chi connectivity index (χ2n) is 4.46. The average molecular weight is 317 g/mol. The van der Waals surface area contributed by atoms with E-state index >= 15 is 0 Å². The predicted molar refractivity (Wildman–Crippen MR) is 83.6 cm³/mol. The van der Waals surface area contributed by atoms with Crippen LogP contribution in [0.4, 0.5) is 0 Å². The lowest BCUT2D eigenvalue weighted by Crippen LogP contribution is -2.31. The SMILES string of the molecule is C=CCN(CC)S(=O)(=O)c1cc(Cl)cc(CNC)c1C. The molecule has 20 heavy (non-hydrogen) atoms. The van der Waals surface area contributed by atoms with Crippen LogP contribution < -0.4 is 5.32 Å². The quantitative estimate of drug-likeness (QED) is 0.787. The van der Waals surface area contributed by atoms with Crippen molar-refractivity contribution in [1.29, 1.82) is 0 Å². The molecule has 1 N–H and O–H groups in total. The standard InChI is InChI=1S/C14H21ClN2O2S/c1-5-7-17(6-2)20(18,19)14-9-13(15)8-12(10-16-4)11(14)3/h5,8-9,16H,1,6-7,10H2,2-4H3. The van der Waals surface area contributed by atoms with E-state index in [1.807, 2.05) is 7.05 Å². The highest BCUT2D eigenvalue weighted by Gasteiger charge is 2.25. The predicted octanol–water partition coefficient (Wildman–Crippen LogP) is 2.56. The van der Waals surface area contributed by atoms with Crippen LogP contribution in [0.1, 0.15) is 18.1 Å². The summed E-state index contributed by atoms with van der Waals surface area (Å²) in [7, 11) is -1.75. The molecule has 0 aliphatic carbocycles. The van der Waals surface area contributed by atoms with Crippen LogP contribution in [0.15, 0.2) is 29.7 Å². The van der Waals surface area contributed by atoms with Gasteiger partial charge in [0.2, 0.25) is 10.0 Å². The maximum absolute atomic E-state index is 12.7. The highest BCUT2D eigenvalue weighted by molar-refractivity contribution is 7.89. The summed E-state index contributed by atoms with van der Waals surface area (Å²) in [6, 6.07) is 3.30. The second kappa shape index (κ2) is 7.22. The fourth-order valence-electron chi connectivity index (χ4n) is 2.03. The number of halogens is 1. The first-order valence-corrected chi connectivity index (χ1v) is 8.24. The number of rotatable bonds is 7. The summed E-state index contributed by atoms with van der Waals surface area (Å²) in [5, 5.41) is 3.44. The molecular formula is C14H21ClN2O2S. The molecule has 1 rings (SSSR count). The summed E-state index contributed by atoms with van der Waals surface area (Å²) in [6.45, 7) is 8.45. The third-order valence-electron chi connectivity index (χ3n) is 3.10. The van der Waals surface area contributed by atoms with Crippen molar-refractivity contribution in [3.8, 4) is 0 Å². The highest BCUT2D eigenvalue weighted by Crippen LogP contribution is 2.27. The lowest BCUT2D eigenvalue weighted by molar-refractivity contribution is 0.459. The Labute approximate surface area is 126 Å². The Morgan fingerprint density at radius 3 is 2.60 bits per heavy atom. The largest absolute Gasteiger partial charge is 0.316 e. The zero-order chi connectivity index (χ0) is 15.3. The van der Waals surface area contributed by atoms with Crippen LogP contribution in [0.3, 0.4) is 0 Å². The Morgan fingerprint density at radius 1 is 1.45 bits per heavy atom. The minimum atomic E-state index is -3.56. The van der Waals surface area contributed by atoms with Gasteiger partial charge in [0.05, 0.1) is 4.90 Å². The third-order valence-corrected chi connectivity index (χ3v) is 5.39. The van der Waals surface area contributed by atoms with E-state index in [1.54, 1.807) is 26.0 Å². The first-order chi connectivity index (χ1) is 9.38. The number of sulfonamides is 1. The van der Waals surface area contributed by atoms with Crippen molar-refractivity contribution in [3.05, 3.63) is 40.9 Å². The molecule has 112 valence electrons. The normalized spacial score (nSPS) is 11.8. The molecule has 0 aliphatic heterocycles. The van der Waals surface area contributed by atoms with Crippen molar-refractivity contribution in [1.82, 2.24) is 9.62 Å². The Kier molecular flexibility index (Phi) is 6.20. The van der Waals surface area contributed by atoms with E-state index in [4.69, 9.17) is 11.6 Å². The molecule has 0 saturated heterocycles. The van der Waals surface area contributed by atoms with Gasteiger partial charge in [0.15, 0.2) is 0 Å². The van der Waals surface area contributed by atoms with E-state index < -0.39 is 10.0 Å². The molecule has 0 atom stereocenters. The summed E-state index contributed by atoms with van der Waals surface area (Å²) < 4.78 is 26.7. The van der Waals surface area contributed by atoms with Crippen molar-refractivity contribution in [3.63, 3.8) is 0 Å². The van der Waals surface area contributed by atoms with Crippen LogP contribution in [-0.2, 0) is 16.6 Å². The highest BCUT2D eigenvalue weighted by atomic mass is 35.5. The molecule has 0 radical (unpaired) electrons. The van der Waals surface area contributed by atoms with E-state index in [2.05, 4.69) is 11.9 Å². The third kappa shape index (κ3) is 3.61. The minimum Gasteiger partial charge on any atom is -0.316 e. The first-order valence-electron chi connectivity index (χ1n) is 6.43. The van der Waals surface area contributed by atoms with Gasteiger partial charge in [0, 0.05) is 24.7 Å². The first kappa shape index (κ1) is 17.2. The number of nitrogens with one attached hydrogen (secondary N) is 1. The Morgan fingerprint density at radius 2 is 2.10 bits per heavy atom. The number of benzene rings is 1. The number of likely N-dealkylation sites (N-methyl/N-ethyl adjacent to an activating group) is 1. The fourth-order valence-corrected chi connectivity index (χ4v) is 4.05. The van der Waals surface area contributed by atoms with E-state index in [-0.39, 0.29) is 11.4 Å². The second-order valence-corrected chi connectivity index (χ2v) is 6.81. The van der Waals surface area contributed by atoms with Crippen molar-refractivity contribution in [2.45, 2.75) is 25.3 Å². The molecule has 0 aliphatic rings. The van der Waals surface area contributed by atoms with E-state index in [0.717, 1.165) is 11.1 Å². The monoisotopic (exact) mass is 316 g/mol. The molecule has 6 heteroatoms. The molecule has 0 unspecified atom stereocenters. The summed E-state index contributed by atoms with van der Waals surface area (Å²) in [5.41, 5.74) is 1.61. The lowest BCUT2D eigenvalue weighted by Gasteiger charge is -2.21. The number of hydrogen-bond acceptors (Lipinski definition) is 3. The molecule has 0 amide bonds. The van der Waals surface area contributed by atoms with Gasteiger partial charge < -0.3 is 5.32 Å². The van der Waals surface area contributed by atoms with Crippen molar-refractivity contribution in [2.24, 2.45) is 0 Å². The van der Waals surface area contributed by atoms with Gasteiger partial charge in [0.25, 0.3) is 0 Å². The van der Waals surface area contributed by atoms with Gasteiger partial charge in [-0.25, -0.2) is 8.42 Å². The Hall–Kier alpha value is -0.880. The Balaban J connectivity index is 3.40. The van der Waals surface area contributed by atoms with Crippen LogP contribution in [0.25, 0.3) is 0 Å². The van der Waals surface area contributed by atoms with E-state index in [0.29, 0.717) is 18.1 Å². The van der Waals surface area contributed by atoms with E-state index in [9.17, 15) is 8.42 Å². The van der Waals surface area contributed by atoms with Crippen molar-refractivity contribution >= 4 is 21.6 Å². The zero-order valence-electron chi connectivity index (χ0n) is 12.1. The van der Waals surface area contributed by atoms with Crippen LogP contribution in [0.2, 0.25) is 5.02 Å². The zero-order valence-corrected chi connectivity index (χ0v) is 13.7. The van der Waals surface area contributed by atoms with Gasteiger partial charge in [-0.2, -0.15) is 4.31 Å². The molecule has 4 nitrogen and oxygen atoms in total. The van der Waals surface area contributed by atoms with Gasteiger partial charge in [-0.15, -0.1) is 6.58 Å². The fraction of sp³-hybridized carbons (Fsp3) is 0.429. The number of nitrogens with zero attached hydrogens (tertiary/aromatic N) is 1. The van der Waals surface area contributed by atoms with Gasteiger partial charge in [-0.3, -0.25) is 0 Å². The maximum Gasteiger partial charge on any atom is 0.243 e. The van der Waals surface area contributed by atoms with Gasteiger partial charge in [0.1, 0.15) is 0 Å². The minimum absolute atomic E-state index is 0.263. The summed E-state index contributed by atoms with van der Waals surface area (Å²) in [5.74, 6) is 0. The van der Waals surface area contributed by atoms with Crippen LogP contribution in [0, 0.1) is 6.92 Å². The molecule has 0 heterocycles. The molecule has 0 spiro atoms. The molecular weight excluding hydrogens is 296 g/mol. The van der Waals surface area contributed by atoms with Crippen LogP contribution in [-0.4, -0.2) is 32.9 Å². The number of hydrogen-bond donors (Lipinski definition) is 1. The molecule has 0 bridgehead atoms. The lowest BCUT2D eigenvalue weighted by atomic mass is 10.1. The Bertz CT molecular complexity index is 585. The molecule has 1 aromatic carbocycles. The van der Waals surface area contributed by atoms with Crippen molar-refractivity contribution in [2.75, 3.05) is 20.1 Å². The summed E-state index contributed by atoms with van der Waals surface area (Å²) in [4.78, 5) is 0.263. The molecule has 0 fully saturated rings. The molecule has 0 aromatic heterocycles. The maximum atomic E-state index is 12.7.